The van der Waals surface area contributed by atoms with E-state index in [-0.39, 0.29) is 24.5 Å². The van der Waals surface area contributed by atoms with Crippen molar-refractivity contribution in [2.24, 2.45) is 0 Å². The zero-order valence-corrected chi connectivity index (χ0v) is 20.8. The second kappa shape index (κ2) is 10.6. The van der Waals surface area contributed by atoms with Crippen molar-refractivity contribution >= 4 is 28.9 Å². The Hall–Kier alpha value is -4.92. The Balaban J connectivity index is 1.49. The molecule has 0 radical (unpaired) electrons. The quantitative estimate of drug-likeness (QED) is 0.341. The topological polar surface area (TPSA) is 120 Å². The summed E-state index contributed by atoms with van der Waals surface area (Å²) in [6.07, 6.45) is 1.44. The van der Waals surface area contributed by atoms with E-state index in [4.69, 9.17) is 18.9 Å². The van der Waals surface area contributed by atoms with Gasteiger partial charge in [-0.05, 0) is 38.1 Å². The lowest BCUT2D eigenvalue weighted by Crippen LogP contribution is -2.47. The number of urea groups is 1. The van der Waals surface area contributed by atoms with Gasteiger partial charge in [-0.1, -0.05) is 48.0 Å². The van der Waals surface area contributed by atoms with Gasteiger partial charge in [-0.3, -0.25) is 0 Å². The number of fused-ring (bicyclic) bond motifs is 1. The van der Waals surface area contributed by atoms with Crippen molar-refractivity contribution in [3.63, 3.8) is 0 Å². The minimum absolute atomic E-state index is 0.0918. The number of nitrogens with zero attached hydrogens (tertiary/aromatic N) is 1. The molecule has 2 aromatic heterocycles. The summed E-state index contributed by atoms with van der Waals surface area (Å²) >= 11 is 0. The molecule has 38 heavy (non-hydrogen) atoms. The standard InChI is InChI=1S/C29H25N3O6/c1-3-36-28(34)25-23(31-29(35)32-26(25)24-9-6-14-37-24)16-38-27(33)20-15-22(18-12-10-17(2)11-13-18)30-21-8-5-4-7-19(20)21/h4-15,26H,3,16H2,1-2H3,(H2,31,32,35). The van der Waals surface area contributed by atoms with Crippen LogP contribution in [-0.4, -0.2) is 36.2 Å². The van der Waals surface area contributed by atoms with E-state index in [2.05, 4.69) is 10.6 Å². The number of nitrogens with one attached hydrogen (secondary N) is 2. The highest BCUT2D eigenvalue weighted by atomic mass is 16.5. The van der Waals surface area contributed by atoms with Gasteiger partial charge in [0.15, 0.2) is 0 Å². The molecule has 0 bridgehead atoms. The molecule has 0 saturated heterocycles. The van der Waals surface area contributed by atoms with Crippen LogP contribution < -0.4 is 10.6 Å². The number of para-hydroxylation sites is 1. The summed E-state index contributed by atoms with van der Waals surface area (Å²) < 4.78 is 16.3. The van der Waals surface area contributed by atoms with Crippen LogP contribution in [0.3, 0.4) is 0 Å². The molecule has 2 N–H and O–H groups in total. The number of furan rings is 1. The molecule has 4 aromatic rings. The van der Waals surface area contributed by atoms with Gasteiger partial charge in [-0.25, -0.2) is 19.4 Å². The number of benzene rings is 2. The van der Waals surface area contributed by atoms with E-state index < -0.39 is 24.0 Å². The van der Waals surface area contributed by atoms with E-state index in [1.165, 1.54) is 6.26 Å². The summed E-state index contributed by atoms with van der Waals surface area (Å²) in [4.78, 5) is 43.4. The highest BCUT2D eigenvalue weighted by molar-refractivity contribution is 6.04. The maximum Gasteiger partial charge on any atom is 0.339 e. The molecule has 5 rings (SSSR count). The molecule has 1 atom stereocenters. The lowest BCUT2D eigenvalue weighted by Gasteiger charge is -2.27. The number of amides is 2. The predicted molar refractivity (Wildman–Crippen MR) is 139 cm³/mol. The second-order valence-electron chi connectivity index (χ2n) is 8.67. The number of pyridine rings is 1. The van der Waals surface area contributed by atoms with Gasteiger partial charge in [0.05, 0.1) is 40.9 Å². The summed E-state index contributed by atoms with van der Waals surface area (Å²) in [5.41, 5.74) is 3.74. The third-order valence-electron chi connectivity index (χ3n) is 6.11. The van der Waals surface area contributed by atoms with Crippen LogP contribution in [0, 0.1) is 6.92 Å². The summed E-state index contributed by atoms with van der Waals surface area (Å²) in [6.45, 7) is 3.43. The number of hydrogen-bond donors (Lipinski definition) is 2. The van der Waals surface area contributed by atoms with Crippen LogP contribution in [0.15, 0.2) is 88.7 Å². The Morgan fingerprint density at radius 3 is 2.53 bits per heavy atom. The first-order valence-corrected chi connectivity index (χ1v) is 12.1. The van der Waals surface area contributed by atoms with Gasteiger partial charge in [-0.15, -0.1) is 0 Å². The number of carbonyl (C=O) groups excluding carboxylic acids is 3. The van der Waals surface area contributed by atoms with Crippen molar-refractivity contribution in [2.75, 3.05) is 13.2 Å². The number of aryl methyl sites for hydroxylation is 1. The largest absolute Gasteiger partial charge is 0.467 e. The molecule has 9 heteroatoms. The minimum atomic E-state index is -0.901. The molecule has 0 spiro atoms. The predicted octanol–water partition coefficient (Wildman–Crippen LogP) is 4.83. The van der Waals surface area contributed by atoms with Crippen molar-refractivity contribution in [3.05, 3.63) is 101 Å². The Labute approximate surface area is 218 Å². The van der Waals surface area contributed by atoms with Crippen LogP contribution in [0.25, 0.3) is 22.2 Å². The monoisotopic (exact) mass is 511 g/mol. The molecule has 2 aromatic carbocycles. The third kappa shape index (κ3) is 4.99. The maximum atomic E-state index is 13.4. The molecule has 192 valence electrons. The van der Waals surface area contributed by atoms with Gasteiger partial charge in [0.2, 0.25) is 0 Å². The molecule has 1 aliphatic rings. The van der Waals surface area contributed by atoms with Gasteiger partial charge in [0.25, 0.3) is 0 Å². The van der Waals surface area contributed by atoms with Crippen molar-refractivity contribution in [1.82, 2.24) is 15.6 Å². The molecule has 0 fully saturated rings. The first kappa shape index (κ1) is 24.8. The zero-order valence-electron chi connectivity index (χ0n) is 20.8. The number of esters is 2. The van der Waals surface area contributed by atoms with Gasteiger partial charge in [-0.2, -0.15) is 0 Å². The molecule has 1 unspecified atom stereocenters. The average Bonchev–Trinajstić information content (AvgIpc) is 3.46. The molecule has 0 saturated carbocycles. The third-order valence-corrected chi connectivity index (χ3v) is 6.11. The SMILES string of the molecule is CCOC(=O)C1=C(COC(=O)c2cc(-c3ccc(C)cc3)nc3ccccc23)NC(=O)NC1c1ccco1. The smallest absolute Gasteiger partial charge is 0.339 e. The summed E-state index contributed by atoms with van der Waals surface area (Å²) in [5, 5.41) is 5.86. The Kier molecular flexibility index (Phi) is 6.90. The molecule has 9 nitrogen and oxygen atoms in total. The van der Waals surface area contributed by atoms with Gasteiger partial charge in [0.1, 0.15) is 18.4 Å². The Bertz CT molecular complexity index is 1540. The first-order chi connectivity index (χ1) is 18.4. The summed E-state index contributed by atoms with van der Waals surface area (Å²) in [7, 11) is 0. The fourth-order valence-electron chi connectivity index (χ4n) is 4.28. The van der Waals surface area contributed by atoms with E-state index in [0.717, 1.165) is 11.1 Å². The Morgan fingerprint density at radius 2 is 1.79 bits per heavy atom. The molecule has 2 amide bonds. The van der Waals surface area contributed by atoms with E-state index in [1.54, 1.807) is 31.2 Å². The van der Waals surface area contributed by atoms with E-state index in [1.807, 2.05) is 49.4 Å². The van der Waals surface area contributed by atoms with Crippen LogP contribution in [0.4, 0.5) is 4.79 Å². The first-order valence-electron chi connectivity index (χ1n) is 12.1. The van der Waals surface area contributed by atoms with Crippen LogP contribution in [0.2, 0.25) is 0 Å². The normalized spacial score (nSPS) is 15.1. The van der Waals surface area contributed by atoms with Crippen molar-refractivity contribution in [2.45, 2.75) is 19.9 Å². The van der Waals surface area contributed by atoms with Gasteiger partial charge < -0.3 is 24.5 Å². The van der Waals surface area contributed by atoms with Crippen molar-refractivity contribution < 1.29 is 28.3 Å². The molecular formula is C29H25N3O6. The van der Waals surface area contributed by atoms with Gasteiger partial charge >= 0.3 is 18.0 Å². The highest BCUT2D eigenvalue weighted by Gasteiger charge is 2.36. The number of rotatable bonds is 7. The molecule has 1 aliphatic heterocycles. The van der Waals surface area contributed by atoms with Crippen LogP contribution in [0.1, 0.15) is 34.6 Å². The fraction of sp³-hybridized carbons (Fsp3) is 0.172. The minimum Gasteiger partial charge on any atom is -0.467 e. The van der Waals surface area contributed by atoms with Crippen molar-refractivity contribution in [1.29, 1.82) is 0 Å². The maximum absolute atomic E-state index is 13.4. The summed E-state index contributed by atoms with van der Waals surface area (Å²) in [6, 6.07) is 18.6. The van der Waals surface area contributed by atoms with Crippen LogP contribution in [-0.2, 0) is 14.3 Å². The summed E-state index contributed by atoms with van der Waals surface area (Å²) in [5.74, 6) is -0.951. The van der Waals surface area contributed by atoms with Crippen molar-refractivity contribution in [3.8, 4) is 11.3 Å². The highest BCUT2D eigenvalue weighted by Crippen LogP contribution is 2.29. The lowest BCUT2D eigenvalue weighted by molar-refractivity contribution is -0.139. The molecule has 3 heterocycles. The molecule has 0 aliphatic carbocycles. The van der Waals surface area contributed by atoms with Gasteiger partial charge in [0, 0.05) is 10.9 Å². The second-order valence-corrected chi connectivity index (χ2v) is 8.67. The number of hydrogen-bond acceptors (Lipinski definition) is 7. The number of ether oxygens (including phenoxy) is 2. The average molecular weight is 512 g/mol. The zero-order chi connectivity index (χ0) is 26.6. The van der Waals surface area contributed by atoms with Crippen LogP contribution >= 0.6 is 0 Å². The van der Waals surface area contributed by atoms with Crippen LogP contribution in [0.5, 0.6) is 0 Å². The Morgan fingerprint density at radius 1 is 1.00 bits per heavy atom. The lowest BCUT2D eigenvalue weighted by atomic mass is 10.0. The number of carbonyl (C=O) groups is 3. The van der Waals surface area contributed by atoms with E-state index in [0.29, 0.717) is 27.9 Å². The fourth-order valence-corrected chi connectivity index (χ4v) is 4.28. The molecular weight excluding hydrogens is 486 g/mol. The van der Waals surface area contributed by atoms with E-state index in [9.17, 15) is 14.4 Å². The van der Waals surface area contributed by atoms with E-state index >= 15 is 0 Å². The number of aromatic nitrogens is 1.